The van der Waals surface area contributed by atoms with Crippen LogP contribution >= 0.6 is 0 Å². The number of hydrogen-bond donors (Lipinski definition) is 1. The van der Waals surface area contributed by atoms with E-state index >= 15 is 0 Å². The minimum absolute atomic E-state index is 0.177. The Hall–Kier alpha value is -2.37. The molecule has 0 heterocycles. The first-order chi connectivity index (χ1) is 15.2. The van der Waals surface area contributed by atoms with Crippen LogP contribution in [0.25, 0.3) is 0 Å². The molecule has 2 aliphatic carbocycles. The molecule has 1 aromatic carbocycles. The molecule has 0 aromatic heterocycles. The maximum atomic E-state index is 12.4. The maximum Gasteiger partial charge on any atom is 0.313 e. The number of esters is 2. The van der Waals surface area contributed by atoms with Crippen LogP contribution in [-0.2, 0) is 25.7 Å². The van der Waals surface area contributed by atoms with Gasteiger partial charge in [0.05, 0.1) is 6.04 Å². The fourth-order valence-electron chi connectivity index (χ4n) is 4.24. The highest BCUT2D eigenvalue weighted by molar-refractivity contribution is 5.87. The molecule has 0 radical (unpaired) electrons. The van der Waals surface area contributed by atoms with Crippen molar-refractivity contribution >= 4 is 18.0 Å². The van der Waals surface area contributed by atoms with Crippen molar-refractivity contribution in [3.05, 3.63) is 35.9 Å². The Morgan fingerprint density at radius 2 is 1.52 bits per heavy atom. The number of carbonyl (C=O) groups is 2. The highest BCUT2D eigenvalue weighted by Crippen LogP contribution is 2.21. The molecule has 2 aliphatic rings. The summed E-state index contributed by atoms with van der Waals surface area (Å²) in [4.78, 5) is 29.1. The molecule has 31 heavy (non-hydrogen) atoms. The summed E-state index contributed by atoms with van der Waals surface area (Å²) in [5.74, 6) is -0.637. The van der Waals surface area contributed by atoms with Crippen molar-refractivity contribution in [2.24, 2.45) is 4.99 Å². The van der Waals surface area contributed by atoms with E-state index in [4.69, 9.17) is 14.5 Å². The summed E-state index contributed by atoms with van der Waals surface area (Å²) in [5, 5.41) is 3.39. The van der Waals surface area contributed by atoms with Crippen LogP contribution < -0.4 is 5.32 Å². The molecule has 170 valence electrons. The Morgan fingerprint density at radius 3 is 2.23 bits per heavy atom. The van der Waals surface area contributed by atoms with E-state index in [0.29, 0.717) is 18.5 Å². The largest absolute Gasteiger partial charge is 0.461 e. The van der Waals surface area contributed by atoms with Crippen LogP contribution in [-0.4, -0.2) is 30.0 Å². The van der Waals surface area contributed by atoms with Crippen molar-refractivity contribution in [3.8, 4) is 0 Å². The van der Waals surface area contributed by atoms with Gasteiger partial charge in [0.25, 0.3) is 6.02 Å². The normalized spacial score (nSPS) is 18.4. The van der Waals surface area contributed by atoms with E-state index < -0.39 is 0 Å². The third-order valence-corrected chi connectivity index (χ3v) is 6.02. The first-order valence-electron chi connectivity index (χ1n) is 11.9. The van der Waals surface area contributed by atoms with Gasteiger partial charge in [-0.25, -0.2) is 4.99 Å². The predicted molar refractivity (Wildman–Crippen MR) is 120 cm³/mol. The van der Waals surface area contributed by atoms with E-state index in [9.17, 15) is 9.59 Å². The SMILES string of the molecule is O=C(CCCC(=O)OC(=NC1CCCCC1)NC1CCCCC1)OCc1ccccc1. The van der Waals surface area contributed by atoms with Crippen molar-refractivity contribution in [2.45, 2.75) is 102 Å². The number of amidine groups is 1. The molecule has 2 fully saturated rings. The Kier molecular flexibility index (Phi) is 9.87. The van der Waals surface area contributed by atoms with Gasteiger partial charge in [-0.05, 0) is 37.7 Å². The summed E-state index contributed by atoms with van der Waals surface area (Å²) in [6, 6.07) is 10.5. The molecule has 0 atom stereocenters. The van der Waals surface area contributed by atoms with Gasteiger partial charge in [0.1, 0.15) is 6.61 Å². The van der Waals surface area contributed by atoms with E-state index in [0.717, 1.165) is 31.2 Å². The van der Waals surface area contributed by atoms with Gasteiger partial charge in [-0.15, -0.1) is 0 Å². The lowest BCUT2D eigenvalue weighted by Crippen LogP contribution is -2.39. The van der Waals surface area contributed by atoms with Crippen molar-refractivity contribution in [3.63, 3.8) is 0 Å². The number of hydrogen-bond acceptors (Lipinski definition) is 5. The summed E-state index contributed by atoms with van der Waals surface area (Å²) in [7, 11) is 0. The van der Waals surface area contributed by atoms with Gasteiger partial charge in [0.15, 0.2) is 0 Å². The highest BCUT2D eigenvalue weighted by atomic mass is 16.6. The predicted octanol–water partition coefficient (Wildman–Crippen LogP) is 5.05. The van der Waals surface area contributed by atoms with Crippen LogP contribution in [0.4, 0.5) is 0 Å². The average molecular weight is 429 g/mol. The number of carbonyl (C=O) groups excluding carboxylic acids is 2. The summed E-state index contributed by atoms with van der Waals surface area (Å²) < 4.78 is 10.9. The second kappa shape index (κ2) is 13.1. The summed E-state index contributed by atoms with van der Waals surface area (Å²) in [5.41, 5.74) is 0.951. The summed E-state index contributed by atoms with van der Waals surface area (Å²) >= 11 is 0. The third kappa shape index (κ3) is 9.11. The Bertz CT molecular complexity index is 707. The van der Waals surface area contributed by atoms with Crippen LogP contribution in [0.1, 0.15) is 89.0 Å². The van der Waals surface area contributed by atoms with Gasteiger partial charge in [0.2, 0.25) is 0 Å². The van der Waals surface area contributed by atoms with Gasteiger partial charge >= 0.3 is 11.9 Å². The van der Waals surface area contributed by atoms with Crippen molar-refractivity contribution in [1.82, 2.24) is 5.32 Å². The molecule has 0 saturated heterocycles. The minimum Gasteiger partial charge on any atom is -0.461 e. The molecule has 6 heteroatoms. The van der Waals surface area contributed by atoms with Crippen LogP contribution in [0.3, 0.4) is 0 Å². The quantitative estimate of drug-likeness (QED) is 0.356. The lowest BCUT2D eigenvalue weighted by molar-refractivity contribution is -0.145. The standard InChI is InChI=1S/C25H36N2O4/c28-23(30-19-20-11-4-1-5-12-20)17-10-18-24(29)31-25(26-21-13-6-2-7-14-21)27-22-15-8-3-9-16-22/h1,4-5,11-12,21-22H,2-3,6-10,13-19H2,(H,26,27). The molecular weight excluding hydrogens is 392 g/mol. The summed E-state index contributed by atoms with van der Waals surface area (Å²) in [6.07, 6.45) is 12.4. The number of rotatable bonds is 8. The van der Waals surface area contributed by atoms with E-state index in [-0.39, 0.29) is 37.4 Å². The van der Waals surface area contributed by atoms with Crippen LogP contribution in [0.2, 0.25) is 0 Å². The zero-order valence-electron chi connectivity index (χ0n) is 18.5. The van der Waals surface area contributed by atoms with Crippen molar-refractivity contribution in [2.75, 3.05) is 0 Å². The van der Waals surface area contributed by atoms with Crippen LogP contribution in [0, 0.1) is 0 Å². The van der Waals surface area contributed by atoms with Crippen molar-refractivity contribution < 1.29 is 19.1 Å². The zero-order chi connectivity index (χ0) is 21.7. The van der Waals surface area contributed by atoms with E-state index in [2.05, 4.69) is 5.32 Å². The van der Waals surface area contributed by atoms with E-state index in [1.165, 1.54) is 38.5 Å². The van der Waals surface area contributed by atoms with Gasteiger partial charge in [-0.2, -0.15) is 0 Å². The fraction of sp³-hybridized carbons (Fsp3) is 0.640. The van der Waals surface area contributed by atoms with E-state index in [1.54, 1.807) is 0 Å². The molecule has 1 aromatic rings. The lowest BCUT2D eigenvalue weighted by atomic mass is 9.95. The molecule has 0 amide bonds. The zero-order valence-corrected chi connectivity index (χ0v) is 18.5. The monoisotopic (exact) mass is 428 g/mol. The molecule has 0 bridgehead atoms. The van der Waals surface area contributed by atoms with Crippen molar-refractivity contribution in [1.29, 1.82) is 0 Å². The molecule has 3 rings (SSSR count). The molecule has 0 spiro atoms. The van der Waals surface area contributed by atoms with Gasteiger partial charge in [-0.1, -0.05) is 68.9 Å². The fourth-order valence-corrected chi connectivity index (χ4v) is 4.24. The first-order valence-corrected chi connectivity index (χ1v) is 11.9. The Morgan fingerprint density at radius 1 is 0.871 bits per heavy atom. The number of nitrogens with zero attached hydrogens (tertiary/aromatic N) is 1. The Balaban J connectivity index is 1.41. The molecule has 6 nitrogen and oxygen atoms in total. The third-order valence-electron chi connectivity index (χ3n) is 6.02. The smallest absolute Gasteiger partial charge is 0.313 e. The second-order valence-corrected chi connectivity index (χ2v) is 8.68. The average Bonchev–Trinajstić information content (AvgIpc) is 2.80. The molecule has 0 unspecified atom stereocenters. The minimum atomic E-state index is -0.339. The number of nitrogens with one attached hydrogen (secondary N) is 1. The summed E-state index contributed by atoms with van der Waals surface area (Å²) in [6.45, 7) is 0.258. The lowest BCUT2D eigenvalue weighted by Gasteiger charge is -2.25. The number of benzene rings is 1. The molecule has 1 N–H and O–H groups in total. The van der Waals surface area contributed by atoms with Crippen LogP contribution in [0.5, 0.6) is 0 Å². The van der Waals surface area contributed by atoms with Gasteiger partial charge < -0.3 is 14.8 Å². The molecular formula is C25H36N2O4. The van der Waals surface area contributed by atoms with E-state index in [1.807, 2.05) is 30.3 Å². The number of ether oxygens (including phenoxy) is 2. The maximum absolute atomic E-state index is 12.4. The second-order valence-electron chi connectivity index (χ2n) is 8.68. The van der Waals surface area contributed by atoms with Crippen LogP contribution in [0.15, 0.2) is 35.3 Å². The molecule has 2 saturated carbocycles. The number of aliphatic imine (C=N–C) groups is 1. The topological polar surface area (TPSA) is 77.0 Å². The van der Waals surface area contributed by atoms with Gasteiger partial charge in [0, 0.05) is 18.9 Å². The Labute approximate surface area is 185 Å². The first kappa shape index (κ1) is 23.3. The highest BCUT2D eigenvalue weighted by Gasteiger charge is 2.20. The molecule has 0 aliphatic heterocycles. The van der Waals surface area contributed by atoms with Gasteiger partial charge in [-0.3, -0.25) is 9.59 Å².